The van der Waals surface area contributed by atoms with Gasteiger partial charge in [0.25, 0.3) is 0 Å². The first-order valence-electron chi connectivity index (χ1n) is 7.56. The Morgan fingerprint density at radius 1 is 1.35 bits per heavy atom. The Morgan fingerprint density at radius 2 is 2.22 bits per heavy atom. The van der Waals surface area contributed by atoms with Crippen LogP contribution >= 0.6 is 11.6 Å². The van der Waals surface area contributed by atoms with Crippen LogP contribution in [0.25, 0.3) is 0 Å². The van der Waals surface area contributed by atoms with Crippen molar-refractivity contribution in [3.05, 3.63) is 58.5 Å². The highest BCUT2D eigenvalue weighted by atomic mass is 35.5. The molecule has 0 spiro atoms. The number of halogens is 2. The van der Waals surface area contributed by atoms with Gasteiger partial charge in [-0.15, -0.1) is 0 Å². The molecule has 2 aromatic rings. The average Bonchev–Trinajstić information content (AvgIpc) is 2.55. The summed E-state index contributed by atoms with van der Waals surface area (Å²) in [6.07, 6.45) is 0.365. The van der Waals surface area contributed by atoms with Crippen LogP contribution < -0.4 is 10.1 Å². The molecule has 1 aliphatic rings. The summed E-state index contributed by atoms with van der Waals surface area (Å²) >= 11 is 5.73. The van der Waals surface area contributed by atoms with Crippen molar-refractivity contribution in [2.75, 3.05) is 13.1 Å². The molecule has 23 heavy (non-hydrogen) atoms. The van der Waals surface area contributed by atoms with E-state index in [0.29, 0.717) is 23.0 Å². The van der Waals surface area contributed by atoms with Crippen LogP contribution in [0.5, 0.6) is 5.88 Å². The van der Waals surface area contributed by atoms with Gasteiger partial charge in [0.05, 0.1) is 11.8 Å². The summed E-state index contributed by atoms with van der Waals surface area (Å²) in [5.41, 5.74) is 1.22. The maximum atomic E-state index is 13.7. The number of β-amino-alcohol motifs (C(OH)–C–C–N with tert-alkyl or cyclic N) is 1. The summed E-state index contributed by atoms with van der Waals surface area (Å²) in [5, 5.41) is 13.6. The smallest absolute Gasteiger partial charge is 0.213 e. The number of pyridine rings is 1. The predicted octanol–water partition coefficient (Wildman–Crippen LogP) is 2.89. The van der Waals surface area contributed by atoms with Crippen LogP contribution in [-0.4, -0.2) is 29.3 Å². The number of hydrogen-bond acceptors (Lipinski definition) is 4. The van der Waals surface area contributed by atoms with Gasteiger partial charge in [0.2, 0.25) is 5.88 Å². The van der Waals surface area contributed by atoms with Gasteiger partial charge in [-0.05, 0) is 31.2 Å². The maximum absolute atomic E-state index is 13.7. The quantitative estimate of drug-likeness (QED) is 0.901. The molecule has 122 valence electrons. The van der Waals surface area contributed by atoms with Crippen LogP contribution in [0.4, 0.5) is 4.39 Å². The zero-order valence-corrected chi connectivity index (χ0v) is 13.3. The Morgan fingerprint density at radius 3 is 3.00 bits per heavy atom. The molecule has 4 nitrogen and oxygen atoms in total. The number of aliphatic hydroxyl groups is 1. The molecular weight excluding hydrogens is 319 g/mol. The molecule has 0 unspecified atom stereocenters. The van der Waals surface area contributed by atoms with Crippen molar-refractivity contribution >= 4 is 11.6 Å². The number of rotatable bonds is 4. The molecule has 2 atom stereocenters. The minimum Gasteiger partial charge on any atom is -0.473 e. The molecule has 2 heterocycles. The minimum absolute atomic E-state index is 0.00734. The Balaban J connectivity index is 1.70. The zero-order valence-electron chi connectivity index (χ0n) is 12.5. The number of nitrogens with zero attached hydrogens (tertiary/aromatic N) is 1. The van der Waals surface area contributed by atoms with E-state index in [4.69, 9.17) is 16.3 Å². The second-order valence-corrected chi connectivity index (χ2v) is 6.03. The van der Waals surface area contributed by atoms with Crippen molar-refractivity contribution in [3.8, 4) is 5.88 Å². The first-order chi connectivity index (χ1) is 11.1. The van der Waals surface area contributed by atoms with Crippen molar-refractivity contribution in [1.82, 2.24) is 10.3 Å². The van der Waals surface area contributed by atoms with Crippen LogP contribution in [0.15, 0.2) is 36.4 Å². The molecule has 1 fully saturated rings. The number of piperidine rings is 1. The van der Waals surface area contributed by atoms with Crippen LogP contribution in [-0.2, 0) is 6.61 Å². The molecule has 0 aliphatic carbocycles. The van der Waals surface area contributed by atoms with Crippen molar-refractivity contribution in [2.45, 2.75) is 25.0 Å². The van der Waals surface area contributed by atoms with Crippen LogP contribution in [0.3, 0.4) is 0 Å². The van der Waals surface area contributed by atoms with E-state index in [0.717, 1.165) is 18.7 Å². The van der Waals surface area contributed by atoms with E-state index in [1.54, 1.807) is 18.2 Å². The standard InChI is InChI=1S/C17H18ClFN2O2/c18-12-5-4-11(14(19)8-12)10-23-17-3-1-2-15(21-17)13-6-7-20-9-16(13)22/h1-5,8,13,16,20,22H,6-7,9-10H2/t13-,16+/m0/s1. The third-order valence-electron chi connectivity index (χ3n) is 3.97. The minimum atomic E-state index is -0.458. The molecule has 1 aromatic heterocycles. The van der Waals surface area contributed by atoms with Gasteiger partial charge in [-0.25, -0.2) is 9.37 Å². The Kier molecular flexibility index (Phi) is 5.10. The molecular formula is C17H18ClFN2O2. The van der Waals surface area contributed by atoms with E-state index < -0.39 is 11.9 Å². The lowest BCUT2D eigenvalue weighted by atomic mass is 9.91. The first-order valence-corrected chi connectivity index (χ1v) is 7.94. The molecule has 2 N–H and O–H groups in total. The number of hydrogen-bond donors (Lipinski definition) is 2. The van der Waals surface area contributed by atoms with Gasteiger partial charge in [0, 0.05) is 29.1 Å². The summed E-state index contributed by atoms with van der Waals surface area (Å²) < 4.78 is 19.3. The molecule has 3 rings (SSSR count). The van der Waals surface area contributed by atoms with Crippen molar-refractivity contribution in [1.29, 1.82) is 0 Å². The first kappa shape index (κ1) is 16.2. The molecule has 0 amide bonds. The van der Waals surface area contributed by atoms with E-state index in [-0.39, 0.29) is 12.5 Å². The molecule has 0 radical (unpaired) electrons. The van der Waals surface area contributed by atoms with Gasteiger partial charge in [-0.1, -0.05) is 23.7 Å². The Bertz CT molecular complexity index is 683. The topological polar surface area (TPSA) is 54.4 Å². The lowest BCUT2D eigenvalue weighted by molar-refractivity contribution is 0.116. The van der Waals surface area contributed by atoms with Crippen LogP contribution in [0, 0.1) is 5.82 Å². The van der Waals surface area contributed by atoms with E-state index in [9.17, 15) is 9.50 Å². The summed E-state index contributed by atoms with van der Waals surface area (Å²) in [5.74, 6) is 0.0112. The average molecular weight is 337 g/mol. The number of ether oxygens (including phenoxy) is 1. The summed E-state index contributed by atoms with van der Waals surface area (Å²) in [6.45, 7) is 1.49. The second kappa shape index (κ2) is 7.25. The van der Waals surface area contributed by atoms with E-state index in [2.05, 4.69) is 10.3 Å². The SMILES string of the molecule is O[C@@H]1CNCC[C@H]1c1cccc(OCc2ccc(Cl)cc2F)n1. The highest BCUT2D eigenvalue weighted by Gasteiger charge is 2.25. The zero-order chi connectivity index (χ0) is 16.2. The Labute approximate surface area is 139 Å². The monoisotopic (exact) mass is 336 g/mol. The fraction of sp³-hybridized carbons (Fsp3) is 0.353. The summed E-state index contributed by atoms with van der Waals surface area (Å²) in [6, 6.07) is 9.93. The Hall–Kier alpha value is -1.69. The third-order valence-corrected chi connectivity index (χ3v) is 4.20. The lowest BCUT2D eigenvalue weighted by Gasteiger charge is -2.28. The lowest BCUT2D eigenvalue weighted by Crippen LogP contribution is -2.39. The third kappa shape index (κ3) is 3.99. The summed E-state index contributed by atoms with van der Waals surface area (Å²) in [7, 11) is 0. The van der Waals surface area contributed by atoms with Crippen molar-refractivity contribution in [3.63, 3.8) is 0 Å². The largest absolute Gasteiger partial charge is 0.473 e. The molecule has 6 heteroatoms. The normalized spacial score (nSPS) is 21.2. The highest BCUT2D eigenvalue weighted by Crippen LogP contribution is 2.26. The fourth-order valence-electron chi connectivity index (χ4n) is 2.70. The van der Waals surface area contributed by atoms with Gasteiger partial charge in [-0.2, -0.15) is 0 Å². The number of aromatic nitrogens is 1. The maximum Gasteiger partial charge on any atom is 0.213 e. The van der Waals surface area contributed by atoms with E-state index in [1.807, 2.05) is 12.1 Å². The van der Waals surface area contributed by atoms with Crippen LogP contribution in [0.1, 0.15) is 23.6 Å². The predicted molar refractivity (Wildman–Crippen MR) is 86.2 cm³/mol. The molecule has 1 aliphatic heterocycles. The van der Waals surface area contributed by atoms with Gasteiger partial charge < -0.3 is 15.2 Å². The number of aliphatic hydroxyl groups excluding tert-OH is 1. The van der Waals surface area contributed by atoms with Gasteiger partial charge in [0.1, 0.15) is 12.4 Å². The van der Waals surface area contributed by atoms with Crippen molar-refractivity contribution in [2.24, 2.45) is 0 Å². The van der Waals surface area contributed by atoms with E-state index in [1.165, 1.54) is 6.07 Å². The highest BCUT2D eigenvalue weighted by molar-refractivity contribution is 6.30. The van der Waals surface area contributed by atoms with E-state index >= 15 is 0 Å². The molecule has 0 saturated carbocycles. The second-order valence-electron chi connectivity index (χ2n) is 5.59. The number of benzene rings is 1. The van der Waals surface area contributed by atoms with Gasteiger partial charge >= 0.3 is 0 Å². The van der Waals surface area contributed by atoms with Crippen LogP contribution in [0.2, 0.25) is 5.02 Å². The van der Waals surface area contributed by atoms with Gasteiger partial charge in [-0.3, -0.25) is 0 Å². The number of nitrogens with one attached hydrogen (secondary N) is 1. The van der Waals surface area contributed by atoms with Crippen molar-refractivity contribution < 1.29 is 14.2 Å². The fourth-order valence-corrected chi connectivity index (χ4v) is 2.85. The van der Waals surface area contributed by atoms with Gasteiger partial charge in [0.15, 0.2) is 0 Å². The molecule has 1 saturated heterocycles. The molecule has 1 aromatic carbocycles. The molecule has 0 bridgehead atoms. The summed E-state index contributed by atoms with van der Waals surface area (Å²) in [4.78, 5) is 4.45.